The molecule has 0 radical (unpaired) electrons. The summed E-state index contributed by atoms with van der Waals surface area (Å²) in [4.78, 5) is 3.91. The smallest absolute Gasteiger partial charge is 0.262 e. The average Bonchev–Trinajstić information content (AvgIpc) is 2.91. The second-order valence-electron chi connectivity index (χ2n) is 3.82. The summed E-state index contributed by atoms with van der Waals surface area (Å²) in [6, 6.07) is -0.395. The minimum atomic E-state index is -3.39. The van der Waals surface area contributed by atoms with Crippen molar-refractivity contribution in [1.29, 1.82) is 0 Å². The summed E-state index contributed by atoms with van der Waals surface area (Å²) in [6.07, 6.45) is 3.21. The fourth-order valence-electron chi connectivity index (χ4n) is 1.71. The molecule has 1 saturated heterocycles. The van der Waals surface area contributed by atoms with Gasteiger partial charge in [-0.25, -0.2) is 4.98 Å². The standard InChI is InChI=1S/C8H15N5O2S/c1-7(8-9-6-10-11-8)12-16(14,15)13-4-2-3-5-13/h6-7,12H,2-5H2,1H3,(H,9,10,11). The zero-order chi connectivity index (χ0) is 11.6. The summed E-state index contributed by atoms with van der Waals surface area (Å²) in [5, 5.41) is 6.33. The van der Waals surface area contributed by atoms with Gasteiger partial charge in [0.2, 0.25) is 0 Å². The first kappa shape index (κ1) is 11.5. The fraction of sp³-hybridized carbons (Fsp3) is 0.750. The van der Waals surface area contributed by atoms with E-state index >= 15 is 0 Å². The lowest BCUT2D eigenvalue weighted by atomic mass is 10.3. The van der Waals surface area contributed by atoms with Crippen LogP contribution in [-0.2, 0) is 10.2 Å². The van der Waals surface area contributed by atoms with Gasteiger partial charge in [0.25, 0.3) is 10.2 Å². The van der Waals surface area contributed by atoms with Crippen LogP contribution in [0, 0.1) is 0 Å². The molecule has 1 aromatic heterocycles. The summed E-state index contributed by atoms with van der Waals surface area (Å²) >= 11 is 0. The van der Waals surface area contributed by atoms with Gasteiger partial charge in [-0.2, -0.15) is 22.5 Å². The summed E-state index contributed by atoms with van der Waals surface area (Å²) < 4.78 is 27.8. The van der Waals surface area contributed by atoms with Gasteiger partial charge in [-0.3, -0.25) is 5.10 Å². The van der Waals surface area contributed by atoms with Crippen molar-refractivity contribution in [3.8, 4) is 0 Å². The van der Waals surface area contributed by atoms with E-state index in [0.717, 1.165) is 12.8 Å². The summed E-state index contributed by atoms with van der Waals surface area (Å²) in [6.45, 7) is 2.92. The Morgan fingerprint density at radius 3 is 2.75 bits per heavy atom. The van der Waals surface area contributed by atoms with E-state index in [1.54, 1.807) is 6.92 Å². The van der Waals surface area contributed by atoms with Crippen LogP contribution < -0.4 is 4.72 Å². The van der Waals surface area contributed by atoms with Gasteiger partial charge in [0, 0.05) is 13.1 Å². The maximum absolute atomic E-state index is 11.9. The van der Waals surface area contributed by atoms with E-state index in [1.165, 1.54) is 10.6 Å². The van der Waals surface area contributed by atoms with Crippen LogP contribution in [0.25, 0.3) is 0 Å². The molecule has 8 heteroatoms. The molecule has 1 aliphatic heterocycles. The number of aromatic amines is 1. The summed E-state index contributed by atoms with van der Waals surface area (Å²) in [7, 11) is -3.39. The predicted octanol–water partition coefficient (Wildman–Crippen LogP) is -0.204. The van der Waals surface area contributed by atoms with E-state index in [4.69, 9.17) is 0 Å². The molecule has 1 aliphatic rings. The fourth-order valence-corrected chi connectivity index (χ4v) is 3.15. The lowest BCUT2D eigenvalue weighted by Gasteiger charge is -2.18. The Labute approximate surface area is 94.4 Å². The van der Waals surface area contributed by atoms with Crippen LogP contribution in [0.2, 0.25) is 0 Å². The molecule has 0 bridgehead atoms. The third kappa shape index (κ3) is 2.39. The Kier molecular flexibility index (Phi) is 3.22. The molecular weight excluding hydrogens is 230 g/mol. The zero-order valence-corrected chi connectivity index (χ0v) is 9.87. The first-order chi connectivity index (χ1) is 7.59. The van der Waals surface area contributed by atoms with Crippen molar-refractivity contribution in [1.82, 2.24) is 24.2 Å². The van der Waals surface area contributed by atoms with Crippen molar-refractivity contribution in [3.63, 3.8) is 0 Å². The largest absolute Gasteiger partial charge is 0.280 e. The van der Waals surface area contributed by atoms with Crippen LogP contribution in [-0.4, -0.2) is 41.0 Å². The highest BCUT2D eigenvalue weighted by molar-refractivity contribution is 7.87. The number of rotatable bonds is 4. The maximum atomic E-state index is 11.9. The molecule has 0 saturated carbocycles. The van der Waals surface area contributed by atoms with Crippen LogP contribution in [0.15, 0.2) is 6.33 Å². The van der Waals surface area contributed by atoms with Gasteiger partial charge < -0.3 is 0 Å². The number of aromatic nitrogens is 3. The highest BCUT2D eigenvalue weighted by Crippen LogP contribution is 2.14. The zero-order valence-electron chi connectivity index (χ0n) is 9.05. The van der Waals surface area contributed by atoms with Gasteiger partial charge in [-0.15, -0.1) is 0 Å². The molecule has 0 amide bonds. The molecule has 1 aromatic rings. The van der Waals surface area contributed by atoms with Gasteiger partial charge in [0.1, 0.15) is 12.2 Å². The van der Waals surface area contributed by atoms with E-state index in [-0.39, 0.29) is 0 Å². The number of nitrogens with zero attached hydrogens (tertiary/aromatic N) is 3. The van der Waals surface area contributed by atoms with E-state index in [9.17, 15) is 8.42 Å². The molecule has 0 aliphatic carbocycles. The van der Waals surface area contributed by atoms with Crippen LogP contribution in [0.1, 0.15) is 31.6 Å². The average molecular weight is 245 g/mol. The lowest BCUT2D eigenvalue weighted by molar-refractivity contribution is 0.454. The van der Waals surface area contributed by atoms with Crippen molar-refractivity contribution in [2.45, 2.75) is 25.8 Å². The Morgan fingerprint density at radius 2 is 2.19 bits per heavy atom. The van der Waals surface area contributed by atoms with E-state index < -0.39 is 16.3 Å². The molecule has 7 nitrogen and oxygen atoms in total. The van der Waals surface area contributed by atoms with Crippen molar-refractivity contribution in [3.05, 3.63) is 12.2 Å². The Morgan fingerprint density at radius 1 is 1.50 bits per heavy atom. The van der Waals surface area contributed by atoms with Gasteiger partial charge >= 0.3 is 0 Å². The number of hydrogen-bond donors (Lipinski definition) is 2. The monoisotopic (exact) mass is 245 g/mol. The van der Waals surface area contributed by atoms with Gasteiger partial charge in [-0.1, -0.05) is 0 Å². The normalized spacial score (nSPS) is 20.1. The van der Waals surface area contributed by atoms with Crippen LogP contribution in [0.5, 0.6) is 0 Å². The Balaban J connectivity index is 2.03. The topological polar surface area (TPSA) is 91.0 Å². The highest BCUT2D eigenvalue weighted by atomic mass is 32.2. The van der Waals surface area contributed by atoms with Crippen molar-refractivity contribution < 1.29 is 8.42 Å². The van der Waals surface area contributed by atoms with E-state index in [2.05, 4.69) is 19.9 Å². The molecule has 1 fully saturated rings. The lowest BCUT2D eigenvalue weighted by Crippen LogP contribution is -2.40. The molecular formula is C8H15N5O2S. The molecule has 2 rings (SSSR count). The Bertz CT molecular complexity index is 423. The molecule has 0 aromatic carbocycles. The quantitative estimate of drug-likeness (QED) is 0.768. The second-order valence-corrected chi connectivity index (χ2v) is 5.52. The molecule has 90 valence electrons. The number of hydrogen-bond acceptors (Lipinski definition) is 4. The van der Waals surface area contributed by atoms with Crippen LogP contribution in [0.3, 0.4) is 0 Å². The van der Waals surface area contributed by atoms with Crippen LogP contribution in [0.4, 0.5) is 0 Å². The predicted molar refractivity (Wildman–Crippen MR) is 57.7 cm³/mol. The number of H-pyrrole nitrogens is 1. The molecule has 2 heterocycles. The van der Waals surface area contributed by atoms with Crippen molar-refractivity contribution in [2.75, 3.05) is 13.1 Å². The minimum absolute atomic E-state index is 0.395. The van der Waals surface area contributed by atoms with Gasteiger partial charge in [0.15, 0.2) is 0 Å². The maximum Gasteiger partial charge on any atom is 0.280 e. The number of nitrogens with one attached hydrogen (secondary N) is 2. The summed E-state index contributed by atoms with van der Waals surface area (Å²) in [5.41, 5.74) is 0. The first-order valence-electron chi connectivity index (χ1n) is 5.22. The highest BCUT2D eigenvalue weighted by Gasteiger charge is 2.27. The molecule has 1 atom stereocenters. The molecule has 1 unspecified atom stereocenters. The van der Waals surface area contributed by atoms with E-state index in [0.29, 0.717) is 18.9 Å². The van der Waals surface area contributed by atoms with Gasteiger partial charge in [0.05, 0.1) is 6.04 Å². The minimum Gasteiger partial charge on any atom is -0.262 e. The van der Waals surface area contributed by atoms with Crippen LogP contribution >= 0.6 is 0 Å². The molecule has 0 spiro atoms. The third-order valence-corrected chi connectivity index (χ3v) is 4.27. The summed E-state index contributed by atoms with van der Waals surface area (Å²) in [5.74, 6) is 0.516. The Hall–Kier alpha value is -0.990. The van der Waals surface area contributed by atoms with E-state index in [1.807, 2.05) is 0 Å². The molecule has 16 heavy (non-hydrogen) atoms. The third-order valence-electron chi connectivity index (χ3n) is 2.57. The first-order valence-corrected chi connectivity index (χ1v) is 6.66. The van der Waals surface area contributed by atoms with Crippen molar-refractivity contribution in [2.24, 2.45) is 0 Å². The van der Waals surface area contributed by atoms with Gasteiger partial charge in [-0.05, 0) is 19.8 Å². The van der Waals surface area contributed by atoms with Crippen molar-refractivity contribution >= 4 is 10.2 Å². The SMILES string of the molecule is CC(NS(=O)(=O)N1CCCC1)c1ncn[nH]1. The second kappa shape index (κ2) is 4.48. The molecule has 2 N–H and O–H groups in total.